The maximum Gasteiger partial charge on any atom is 0.255 e. The van der Waals surface area contributed by atoms with Gasteiger partial charge in [-0.1, -0.05) is 24.6 Å². The average Bonchev–Trinajstić information content (AvgIpc) is 3.22. The molecule has 5 rings (SSSR count). The van der Waals surface area contributed by atoms with E-state index in [0.717, 1.165) is 29.8 Å². The highest BCUT2D eigenvalue weighted by atomic mass is 16.2. The number of nitrogens with one attached hydrogen (secondary N) is 3. The third-order valence-corrected chi connectivity index (χ3v) is 7.09. The van der Waals surface area contributed by atoms with Gasteiger partial charge in [-0.15, -0.1) is 0 Å². The summed E-state index contributed by atoms with van der Waals surface area (Å²) in [6.45, 7) is 3.15. The van der Waals surface area contributed by atoms with Crippen molar-refractivity contribution in [2.75, 3.05) is 13.1 Å². The molecule has 1 aromatic rings. The molecule has 3 heterocycles. The number of imide groups is 1. The van der Waals surface area contributed by atoms with Crippen molar-refractivity contribution in [3.63, 3.8) is 0 Å². The van der Waals surface area contributed by atoms with Gasteiger partial charge in [-0.05, 0) is 35.8 Å². The van der Waals surface area contributed by atoms with Crippen LogP contribution in [0, 0.1) is 5.41 Å². The Morgan fingerprint density at radius 2 is 2.07 bits per heavy atom. The van der Waals surface area contributed by atoms with E-state index in [4.69, 9.17) is 0 Å². The number of amides is 3. The Morgan fingerprint density at radius 1 is 1.21 bits per heavy atom. The number of rotatable bonds is 4. The van der Waals surface area contributed by atoms with Crippen molar-refractivity contribution in [1.29, 1.82) is 0 Å². The first kappa shape index (κ1) is 17.8. The number of carbonyl (C=O) groups is 3. The maximum absolute atomic E-state index is 13.2. The monoisotopic (exact) mass is 382 g/mol. The Kier molecular flexibility index (Phi) is 4.25. The van der Waals surface area contributed by atoms with Gasteiger partial charge in [0.05, 0.1) is 0 Å². The normalized spacial score (nSPS) is 28.4. The van der Waals surface area contributed by atoms with Gasteiger partial charge in [0.15, 0.2) is 0 Å². The second kappa shape index (κ2) is 6.67. The van der Waals surface area contributed by atoms with Crippen LogP contribution in [0.1, 0.15) is 53.6 Å². The fourth-order valence-electron chi connectivity index (χ4n) is 5.32. The number of piperidine rings is 1. The van der Waals surface area contributed by atoms with E-state index in [1.54, 1.807) is 4.90 Å². The zero-order valence-electron chi connectivity index (χ0n) is 15.9. The summed E-state index contributed by atoms with van der Waals surface area (Å²) >= 11 is 0. The minimum Gasteiger partial charge on any atom is -0.322 e. The summed E-state index contributed by atoms with van der Waals surface area (Å²) in [5, 5.41) is 9.57. The summed E-state index contributed by atoms with van der Waals surface area (Å²) < 4.78 is 0. The molecule has 7 nitrogen and oxygen atoms in total. The summed E-state index contributed by atoms with van der Waals surface area (Å²) in [6, 6.07) is 5.85. The van der Waals surface area contributed by atoms with E-state index in [1.807, 2.05) is 18.2 Å². The fraction of sp³-hybridized carbons (Fsp3) is 0.571. The van der Waals surface area contributed by atoms with E-state index in [2.05, 4.69) is 16.0 Å². The molecule has 3 aliphatic heterocycles. The lowest BCUT2D eigenvalue weighted by molar-refractivity contribution is -0.136. The van der Waals surface area contributed by atoms with Gasteiger partial charge in [-0.3, -0.25) is 19.7 Å². The van der Waals surface area contributed by atoms with Crippen LogP contribution in [0.4, 0.5) is 0 Å². The Labute approximate surface area is 164 Å². The molecule has 0 aromatic heterocycles. The van der Waals surface area contributed by atoms with Crippen LogP contribution in [0.5, 0.6) is 0 Å². The first-order chi connectivity index (χ1) is 13.6. The molecule has 3 fully saturated rings. The number of fused-ring (bicyclic) bond motifs is 1. The van der Waals surface area contributed by atoms with E-state index in [1.165, 1.54) is 19.3 Å². The minimum absolute atomic E-state index is 0.0928. The quantitative estimate of drug-likeness (QED) is 0.667. The molecule has 1 saturated carbocycles. The van der Waals surface area contributed by atoms with E-state index in [0.29, 0.717) is 31.0 Å². The molecule has 0 radical (unpaired) electrons. The van der Waals surface area contributed by atoms with Gasteiger partial charge in [0.2, 0.25) is 11.8 Å². The first-order valence-electron chi connectivity index (χ1n) is 10.3. The molecule has 3 amide bonds. The molecule has 7 heteroatoms. The number of hydrogen-bond donors (Lipinski definition) is 3. The molecular formula is C21H26N4O3. The van der Waals surface area contributed by atoms with Crippen molar-refractivity contribution in [2.45, 2.75) is 57.3 Å². The van der Waals surface area contributed by atoms with Gasteiger partial charge in [0, 0.05) is 44.2 Å². The Morgan fingerprint density at radius 3 is 2.82 bits per heavy atom. The molecule has 1 aliphatic carbocycles. The molecular weight excluding hydrogens is 356 g/mol. The summed E-state index contributed by atoms with van der Waals surface area (Å²) in [5.74, 6) is -0.712. The smallest absolute Gasteiger partial charge is 0.255 e. The second-order valence-electron chi connectivity index (χ2n) is 8.63. The minimum atomic E-state index is -0.560. The van der Waals surface area contributed by atoms with Gasteiger partial charge in [-0.25, -0.2) is 0 Å². The van der Waals surface area contributed by atoms with Crippen LogP contribution in [0.2, 0.25) is 0 Å². The maximum atomic E-state index is 13.2. The Balaban J connectivity index is 1.33. The lowest BCUT2D eigenvalue weighted by Gasteiger charge is -2.43. The number of carbonyl (C=O) groups excluding carboxylic acids is 3. The van der Waals surface area contributed by atoms with Crippen LogP contribution in [0.15, 0.2) is 18.2 Å². The lowest BCUT2D eigenvalue weighted by atomic mass is 9.65. The van der Waals surface area contributed by atoms with Crippen molar-refractivity contribution in [3.05, 3.63) is 34.9 Å². The van der Waals surface area contributed by atoms with Crippen LogP contribution >= 0.6 is 0 Å². The molecule has 2 unspecified atom stereocenters. The average molecular weight is 382 g/mol. The van der Waals surface area contributed by atoms with Gasteiger partial charge >= 0.3 is 0 Å². The van der Waals surface area contributed by atoms with Crippen molar-refractivity contribution in [3.8, 4) is 0 Å². The van der Waals surface area contributed by atoms with Crippen LogP contribution < -0.4 is 16.0 Å². The van der Waals surface area contributed by atoms with Crippen molar-refractivity contribution >= 4 is 17.7 Å². The van der Waals surface area contributed by atoms with Crippen LogP contribution in [0.25, 0.3) is 0 Å². The molecule has 1 aromatic carbocycles. The zero-order valence-corrected chi connectivity index (χ0v) is 15.9. The standard InChI is InChI=1S/C21H26N4O3/c26-17-6-5-15(19(27)24-17)25-11-14-4-1-3-13(18(14)20(25)28)9-23-16-10-22-12-21(16)7-2-8-21/h1,3-4,15-16,22-23H,2,5-12H2,(H,24,26,27). The molecule has 4 aliphatic rings. The molecule has 1 spiro atoms. The lowest BCUT2D eigenvalue weighted by Crippen LogP contribution is -2.52. The van der Waals surface area contributed by atoms with Crippen molar-refractivity contribution in [1.82, 2.24) is 20.9 Å². The van der Waals surface area contributed by atoms with Crippen LogP contribution in [-0.2, 0) is 22.7 Å². The highest BCUT2D eigenvalue weighted by Crippen LogP contribution is 2.45. The number of hydrogen-bond acceptors (Lipinski definition) is 5. The number of benzene rings is 1. The van der Waals surface area contributed by atoms with E-state index in [9.17, 15) is 14.4 Å². The van der Waals surface area contributed by atoms with Crippen LogP contribution in [0.3, 0.4) is 0 Å². The second-order valence-corrected chi connectivity index (χ2v) is 8.63. The third-order valence-electron chi connectivity index (χ3n) is 7.09. The van der Waals surface area contributed by atoms with Gasteiger partial charge in [0.25, 0.3) is 5.91 Å². The van der Waals surface area contributed by atoms with Gasteiger partial charge in [-0.2, -0.15) is 0 Å². The Hall–Kier alpha value is -2.25. The highest BCUT2D eigenvalue weighted by molar-refractivity contribution is 6.05. The van der Waals surface area contributed by atoms with E-state index >= 15 is 0 Å². The van der Waals surface area contributed by atoms with Crippen molar-refractivity contribution in [2.24, 2.45) is 5.41 Å². The largest absolute Gasteiger partial charge is 0.322 e. The van der Waals surface area contributed by atoms with E-state index in [-0.39, 0.29) is 24.1 Å². The highest BCUT2D eigenvalue weighted by Gasteiger charge is 2.47. The fourth-order valence-corrected chi connectivity index (χ4v) is 5.32. The molecule has 28 heavy (non-hydrogen) atoms. The van der Waals surface area contributed by atoms with Gasteiger partial charge < -0.3 is 15.5 Å². The molecule has 148 valence electrons. The molecule has 2 atom stereocenters. The van der Waals surface area contributed by atoms with E-state index < -0.39 is 6.04 Å². The first-order valence-corrected chi connectivity index (χ1v) is 10.3. The number of nitrogens with zero attached hydrogens (tertiary/aromatic N) is 1. The molecule has 0 bridgehead atoms. The predicted octanol–water partition coefficient (Wildman–Crippen LogP) is 0.679. The summed E-state index contributed by atoms with van der Waals surface area (Å²) in [7, 11) is 0. The zero-order chi connectivity index (χ0) is 19.3. The van der Waals surface area contributed by atoms with Crippen LogP contribution in [-0.4, -0.2) is 47.8 Å². The predicted molar refractivity (Wildman–Crippen MR) is 102 cm³/mol. The SMILES string of the molecule is O=C1CCC(N2Cc3cccc(CNC4CNCC45CCC5)c3C2=O)C(=O)N1. The topological polar surface area (TPSA) is 90.5 Å². The summed E-state index contributed by atoms with van der Waals surface area (Å²) in [5.41, 5.74) is 3.09. The summed E-state index contributed by atoms with van der Waals surface area (Å²) in [4.78, 5) is 38.5. The van der Waals surface area contributed by atoms with Crippen molar-refractivity contribution < 1.29 is 14.4 Å². The Bertz CT molecular complexity index is 848. The van der Waals surface area contributed by atoms with Gasteiger partial charge in [0.1, 0.15) is 6.04 Å². The molecule has 3 N–H and O–H groups in total. The molecule has 2 saturated heterocycles. The third kappa shape index (κ3) is 2.76. The summed E-state index contributed by atoms with van der Waals surface area (Å²) in [6.07, 6.45) is 4.52.